The molecule has 0 radical (unpaired) electrons. The largest absolute Gasteiger partial charge is 0.469 e. The Morgan fingerprint density at radius 1 is 0.984 bits per heavy atom. The van der Waals surface area contributed by atoms with Crippen LogP contribution in [0, 0.1) is 75.4 Å². The van der Waals surface area contributed by atoms with Crippen LogP contribution in [0.15, 0.2) is 47.1 Å². The van der Waals surface area contributed by atoms with Gasteiger partial charge in [0, 0.05) is 49.9 Å². The number of nitrogens with zero attached hydrogens (tertiary/aromatic N) is 1. The summed E-state index contributed by atoms with van der Waals surface area (Å²) in [5.74, 6) is 9.32. The number of benzene rings is 1. The molecule has 8 aliphatic rings. The average Bonchev–Trinajstić information content (AvgIpc) is 3.76. The molecule has 8 aliphatic carbocycles. The number of methoxy groups -OCH3 is 1. The van der Waals surface area contributed by atoms with Crippen molar-refractivity contribution in [2.75, 3.05) is 32.2 Å². The van der Waals surface area contributed by atoms with Crippen molar-refractivity contribution in [1.29, 1.82) is 0 Å². The van der Waals surface area contributed by atoms with Gasteiger partial charge in [0.25, 0.3) is 0 Å². The Kier molecular flexibility index (Phi) is 12.2. The van der Waals surface area contributed by atoms with Crippen molar-refractivity contribution in [3.05, 3.63) is 52.6 Å². The summed E-state index contributed by atoms with van der Waals surface area (Å²) in [6.07, 6.45) is 15.2. The number of hydrogen-bond acceptors (Lipinski definition) is 8. The smallest absolute Gasteiger partial charge is 0.305 e. The number of anilines is 1. The molecule has 0 saturated heterocycles. The van der Waals surface area contributed by atoms with Crippen molar-refractivity contribution in [3.63, 3.8) is 0 Å². The third-order valence-electron chi connectivity index (χ3n) is 20.2. The number of rotatable bonds is 10. The van der Waals surface area contributed by atoms with Crippen molar-refractivity contribution < 1.29 is 34.4 Å². The summed E-state index contributed by atoms with van der Waals surface area (Å²) in [6.45, 7) is 12.6. The zero-order chi connectivity index (χ0) is 44.6. The lowest BCUT2D eigenvalue weighted by Gasteiger charge is -2.63. The molecule has 344 valence electrons. The SMILES string of the molecule is CC#C[C@]1(O)CC[C@H]2[C@@H]3CC=C4CC(=O)CCC4=C3[C@@H](c3ccc(N(C)CCO[C@H]4CC[C@@]5(C)[C@@H](C4)C[C@@H](O)[C@@H]4[C@@H]5C[C@H](O)[C@]5(C)[C@@H](C(C)CCC(=O)OC)CC[C@@H]45)cc3)C[C@@]21C. The second-order valence-electron chi connectivity index (χ2n) is 22.7. The van der Waals surface area contributed by atoms with Crippen LogP contribution in [0.3, 0.4) is 0 Å². The summed E-state index contributed by atoms with van der Waals surface area (Å²) in [6, 6.07) is 9.13. The van der Waals surface area contributed by atoms with Crippen molar-refractivity contribution in [1.82, 2.24) is 0 Å². The van der Waals surface area contributed by atoms with E-state index in [1.807, 2.05) is 6.92 Å². The quantitative estimate of drug-likeness (QED) is 0.158. The average molecular weight is 864 g/mol. The molecule has 8 nitrogen and oxygen atoms in total. The maximum atomic E-state index is 12.6. The topological polar surface area (TPSA) is 117 Å². The summed E-state index contributed by atoms with van der Waals surface area (Å²) in [5, 5.41) is 36.1. The number of ether oxygens (including phenoxy) is 2. The standard InChI is InChI=1S/C55H77NO7/c1-8-23-55(61)25-22-44-41-16-12-35-28-38(57)15-17-40(35)50(41)42(32-53(44,55)4)34-10-13-37(14-11-34)56(6)26-27-63-39-21-24-52(3)36(29-39)30-47(58)51-45-19-18-43(33(2)9-20-49(60)62-7)54(45,5)48(59)31-46(51)52/h10-14,33,36,39,41-48,51,58-59,61H,9,15-22,24-32H2,1-7H3/t33?,36-,39-,41-,42+,43+,44-,45-,46-,47+,48-,51-,52-,53-,54+,55-/m0/s1. The van der Waals surface area contributed by atoms with Crippen molar-refractivity contribution >= 4 is 17.4 Å². The number of ketones is 1. The van der Waals surface area contributed by atoms with E-state index in [0.29, 0.717) is 73.1 Å². The van der Waals surface area contributed by atoms with Gasteiger partial charge in [-0.15, -0.1) is 5.92 Å². The fourth-order valence-corrected chi connectivity index (χ4v) is 16.7. The van der Waals surface area contributed by atoms with E-state index in [4.69, 9.17) is 9.47 Å². The fourth-order valence-electron chi connectivity index (χ4n) is 16.7. The maximum absolute atomic E-state index is 12.6. The Labute approximate surface area is 378 Å². The minimum Gasteiger partial charge on any atom is -0.469 e. The molecular formula is C55H77NO7. The lowest BCUT2D eigenvalue weighted by atomic mass is 9.43. The Morgan fingerprint density at radius 3 is 2.51 bits per heavy atom. The number of Topliss-reactive ketones (excluding diaryl/α,β-unsaturated/α-hetero) is 1. The maximum Gasteiger partial charge on any atom is 0.305 e. The molecule has 0 amide bonds. The van der Waals surface area contributed by atoms with Crippen LogP contribution in [-0.4, -0.2) is 78.3 Å². The number of carbonyl (C=O) groups excluding carboxylic acids is 2. The van der Waals surface area contributed by atoms with E-state index in [1.165, 1.54) is 23.8 Å². The van der Waals surface area contributed by atoms with E-state index in [-0.39, 0.29) is 46.3 Å². The fraction of sp³-hybridized carbons (Fsp3) is 0.745. The number of carbonyl (C=O) groups is 2. The molecule has 8 heteroatoms. The van der Waals surface area contributed by atoms with E-state index in [0.717, 1.165) is 95.7 Å². The first-order chi connectivity index (χ1) is 30.1. The van der Waals surface area contributed by atoms with Crippen LogP contribution in [0.5, 0.6) is 0 Å². The Hall–Kier alpha value is -2.96. The number of likely N-dealkylation sites (N-methyl/N-ethyl adjacent to an activating group) is 1. The van der Waals surface area contributed by atoms with Crippen molar-refractivity contribution in [2.24, 2.45) is 63.6 Å². The van der Waals surface area contributed by atoms with Crippen LogP contribution in [0.4, 0.5) is 5.69 Å². The molecular weight excluding hydrogens is 787 g/mol. The zero-order valence-electron chi connectivity index (χ0n) is 39.5. The molecule has 1 unspecified atom stereocenters. The summed E-state index contributed by atoms with van der Waals surface area (Å²) < 4.78 is 11.6. The molecule has 0 aliphatic heterocycles. The van der Waals surface area contributed by atoms with E-state index < -0.39 is 11.7 Å². The Balaban J connectivity index is 0.835. The zero-order valence-corrected chi connectivity index (χ0v) is 39.5. The number of fused-ring (bicyclic) bond motifs is 9. The minimum atomic E-state index is -0.988. The molecule has 0 aromatic heterocycles. The highest BCUT2D eigenvalue weighted by atomic mass is 16.5. The molecule has 3 N–H and O–H groups in total. The molecule has 63 heavy (non-hydrogen) atoms. The molecule has 7 saturated carbocycles. The van der Waals surface area contributed by atoms with Crippen molar-refractivity contribution in [2.45, 2.75) is 167 Å². The van der Waals surface area contributed by atoms with Gasteiger partial charge in [-0.2, -0.15) is 0 Å². The van der Waals surface area contributed by atoms with Gasteiger partial charge in [-0.25, -0.2) is 0 Å². The molecule has 9 rings (SSSR count). The summed E-state index contributed by atoms with van der Waals surface area (Å²) >= 11 is 0. The Bertz CT molecular complexity index is 2050. The number of aliphatic hydroxyl groups is 3. The molecule has 0 heterocycles. The van der Waals surface area contributed by atoms with E-state index >= 15 is 0 Å². The van der Waals surface area contributed by atoms with Gasteiger partial charge in [0.1, 0.15) is 11.4 Å². The molecule has 0 spiro atoms. The summed E-state index contributed by atoms with van der Waals surface area (Å²) in [5.41, 5.74) is 5.22. The van der Waals surface area contributed by atoms with Gasteiger partial charge < -0.3 is 29.7 Å². The van der Waals surface area contributed by atoms with Gasteiger partial charge in [-0.1, -0.05) is 57.4 Å². The lowest BCUT2D eigenvalue weighted by molar-refractivity contribution is -0.209. The second kappa shape index (κ2) is 17.0. The van der Waals surface area contributed by atoms with Crippen LogP contribution in [0.1, 0.15) is 149 Å². The lowest BCUT2D eigenvalue weighted by Crippen LogP contribution is -2.62. The third-order valence-corrected chi connectivity index (χ3v) is 20.2. The van der Waals surface area contributed by atoms with Crippen LogP contribution in [0.2, 0.25) is 0 Å². The number of aliphatic hydroxyl groups excluding tert-OH is 2. The monoisotopic (exact) mass is 864 g/mol. The van der Waals surface area contributed by atoms with Crippen LogP contribution in [-0.2, 0) is 19.1 Å². The molecule has 0 bridgehead atoms. The molecule has 1 aromatic rings. The van der Waals surface area contributed by atoms with E-state index in [2.05, 4.69) is 81.8 Å². The van der Waals surface area contributed by atoms with Gasteiger partial charge in [-0.05, 0) is 177 Å². The van der Waals surface area contributed by atoms with E-state index in [9.17, 15) is 24.9 Å². The van der Waals surface area contributed by atoms with Crippen LogP contribution in [0.25, 0.3) is 0 Å². The normalized spacial score (nSPS) is 43.2. The highest BCUT2D eigenvalue weighted by Crippen LogP contribution is 2.69. The summed E-state index contributed by atoms with van der Waals surface area (Å²) in [4.78, 5) is 26.8. The number of hydrogen-bond donors (Lipinski definition) is 3. The number of allylic oxidation sites excluding steroid dienone is 4. The predicted octanol–water partition coefficient (Wildman–Crippen LogP) is 9.35. The first-order valence-corrected chi connectivity index (χ1v) is 25.0. The second-order valence-corrected chi connectivity index (χ2v) is 22.7. The van der Waals surface area contributed by atoms with E-state index in [1.54, 1.807) is 5.57 Å². The van der Waals surface area contributed by atoms with Gasteiger partial charge in [0.15, 0.2) is 0 Å². The van der Waals surface area contributed by atoms with Gasteiger partial charge >= 0.3 is 5.97 Å². The summed E-state index contributed by atoms with van der Waals surface area (Å²) in [7, 11) is 3.60. The molecule has 16 atom stereocenters. The predicted molar refractivity (Wildman–Crippen MR) is 247 cm³/mol. The molecule has 1 aromatic carbocycles. The Morgan fingerprint density at radius 2 is 1.76 bits per heavy atom. The highest BCUT2D eigenvalue weighted by Gasteiger charge is 2.66. The number of esters is 1. The van der Waals surface area contributed by atoms with Crippen LogP contribution >= 0.6 is 0 Å². The first-order valence-electron chi connectivity index (χ1n) is 25.0. The van der Waals surface area contributed by atoms with Crippen molar-refractivity contribution in [3.8, 4) is 11.8 Å². The first kappa shape index (κ1) is 45.2. The van der Waals surface area contributed by atoms with Gasteiger partial charge in [0.2, 0.25) is 0 Å². The van der Waals surface area contributed by atoms with Gasteiger partial charge in [-0.3, -0.25) is 9.59 Å². The highest BCUT2D eigenvalue weighted by molar-refractivity contribution is 5.84. The van der Waals surface area contributed by atoms with Gasteiger partial charge in [0.05, 0.1) is 32.0 Å². The third kappa shape index (κ3) is 7.41. The minimum absolute atomic E-state index is 0.0798. The molecule has 7 fully saturated rings. The van der Waals surface area contributed by atoms with Crippen LogP contribution < -0.4 is 4.90 Å².